The van der Waals surface area contributed by atoms with E-state index in [-0.39, 0.29) is 24.8 Å². The number of carbonyl (C=O) groups excluding carboxylic acids is 2. The molecule has 2 heterocycles. The van der Waals surface area contributed by atoms with Gasteiger partial charge in [-0.1, -0.05) is 17.7 Å². The molecule has 0 saturated carbocycles. The summed E-state index contributed by atoms with van der Waals surface area (Å²) in [5.74, 6) is -0.0413. The number of anilines is 1. The zero-order chi connectivity index (χ0) is 25.3. The molecule has 0 radical (unpaired) electrons. The van der Waals surface area contributed by atoms with Crippen LogP contribution in [0, 0.1) is 0 Å². The normalized spacial score (nSPS) is 16.5. The average Bonchev–Trinajstić information content (AvgIpc) is 3.38. The summed E-state index contributed by atoms with van der Waals surface area (Å²) in [6.07, 6.45) is -0.0402. The summed E-state index contributed by atoms with van der Waals surface area (Å²) in [5.41, 5.74) is 2.30. The van der Waals surface area contributed by atoms with Crippen LogP contribution >= 0.6 is 11.6 Å². The van der Waals surface area contributed by atoms with Gasteiger partial charge < -0.3 is 19.9 Å². The molecule has 2 N–H and O–H groups in total. The van der Waals surface area contributed by atoms with Crippen molar-refractivity contribution in [2.45, 2.75) is 6.10 Å². The average molecular weight is 518 g/mol. The number of benzene rings is 2. The number of fused-ring (bicyclic) bond motifs is 1. The van der Waals surface area contributed by atoms with Gasteiger partial charge >= 0.3 is 6.09 Å². The Morgan fingerprint density at radius 1 is 1.23 bits per heavy atom. The predicted molar refractivity (Wildman–Crippen MR) is 135 cm³/mol. The molecule has 10 nitrogen and oxygen atoms in total. The van der Waals surface area contributed by atoms with E-state index in [9.17, 15) is 18.0 Å². The second-order valence-corrected chi connectivity index (χ2v) is 10.4. The number of nitrogens with zero attached hydrogens (tertiary/aromatic N) is 3. The fraction of sp³-hybridized carbons (Fsp3) is 0.261. The number of rotatable bonds is 6. The number of sulfonamides is 1. The molecule has 12 heteroatoms. The first kappa shape index (κ1) is 24.6. The lowest BCUT2D eigenvalue weighted by Gasteiger charge is -2.17. The number of ether oxygens (including phenoxy) is 1. The van der Waals surface area contributed by atoms with Gasteiger partial charge in [-0.3, -0.25) is 9.69 Å². The van der Waals surface area contributed by atoms with E-state index in [0.717, 1.165) is 17.2 Å². The van der Waals surface area contributed by atoms with Crippen molar-refractivity contribution in [3.63, 3.8) is 0 Å². The maximum absolute atomic E-state index is 12.6. The SMILES string of the molecule is CN(C)C(=NS(C)(=O)=O)c1ccc(N2CC(CNC(=O)c3cc4ccc(Cl)cc4[nH]3)OC2=O)cc1. The van der Waals surface area contributed by atoms with Gasteiger partial charge in [-0.25, -0.2) is 13.2 Å². The second-order valence-electron chi connectivity index (χ2n) is 8.33. The van der Waals surface area contributed by atoms with Crippen LogP contribution in [0.3, 0.4) is 0 Å². The third-order valence-corrected chi connectivity index (χ3v) is 6.05. The van der Waals surface area contributed by atoms with Crippen molar-refractivity contribution < 1.29 is 22.7 Å². The van der Waals surface area contributed by atoms with Crippen LogP contribution in [0.2, 0.25) is 5.02 Å². The number of carbonyl (C=O) groups is 2. The Morgan fingerprint density at radius 3 is 2.60 bits per heavy atom. The van der Waals surface area contributed by atoms with E-state index in [1.807, 2.05) is 6.07 Å². The zero-order valence-corrected chi connectivity index (χ0v) is 20.9. The Bertz CT molecular complexity index is 1420. The molecule has 0 spiro atoms. The Labute approximate surface area is 207 Å². The van der Waals surface area contributed by atoms with Crippen molar-refractivity contribution in [1.82, 2.24) is 15.2 Å². The van der Waals surface area contributed by atoms with Gasteiger partial charge in [0.15, 0.2) is 0 Å². The first-order valence-electron chi connectivity index (χ1n) is 10.6. The molecule has 1 aromatic heterocycles. The molecular weight excluding hydrogens is 494 g/mol. The summed E-state index contributed by atoms with van der Waals surface area (Å²) in [5, 5.41) is 4.21. The Morgan fingerprint density at radius 2 is 1.94 bits per heavy atom. The number of amides is 2. The lowest BCUT2D eigenvalue weighted by Crippen LogP contribution is -2.34. The van der Waals surface area contributed by atoms with Crippen molar-refractivity contribution in [3.05, 3.63) is 64.8 Å². The van der Waals surface area contributed by atoms with Gasteiger partial charge in [0.25, 0.3) is 15.9 Å². The van der Waals surface area contributed by atoms with E-state index in [1.54, 1.807) is 61.5 Å². The number of nitrogens with one attached hydrogen (secondary N) is 2. The number of cyclic esters (lactones) is 1. The van der Waals surface area contributed by atoms with E-state index in [0.29, 0.717) is 22.0 Å². The minimum absolute atomic E-state index is 0.140. The summed E-state index contributed by atoms with van der Waals surface area (Å²) in [7, 11) is -0.194. The molecule has 1 aliphatic heterocycles. The van der Waals surface area contributed by atoms with E-state index in [4.69, 9.17) is 16.3 Å². The summed E-state index contributed by atoms with van der Waals surface area (Å²) < 4.78 is 32.4. The van der Waals surface area contributed by atoms with Crippen molar-refractivity contribution >= 4 is 56.1 Å². The molecule has 1 unspecified atom stereocenters. The van der Waals surface area contributed by atoms with Gasteiger partial charge in [-0.15, -0.1) is 4.40 Å². The number of H-pyrrole nitrogens is 1. The predicted octanol–water partition coefficient (Wildman–Crippen LogP) is 2.84. The van der Waals surface area contributed by atoms with Gasteiger partial charge in [0.1, 0.15) is 17.6 Å². The molecule has 0 bridgehead atoms. The van der Waals surface area contributed by atoms with Crippen molar-refractivity contribution in [2.24, 2.45) is 4.40 Å². The highest BCUT2D eigenvalue weighted by Crippen LogP contribution is 2.23. The molecular formula is C23H24ClN5O5S. The van der Waals surface area contributed by atoms with Gasteiger partial charge in [-0.05, 0) is 42.5 Å². The van der Waals surface area contributed by atoms with Crippen LogP contribution in [-0.4, -0.2) is 75.7 Å². The quantitative estimate of drug-likeness (QED) is 0.383. The lowest BCUT2D eigenvalue weighted by atomic mass is 10.1. The molecule has 184 valence electrons. The van der Waals surface area contributed by atoms with Crippen LogP contribution in [-0.2, 0) is 14.8 Å². The minimum atomic E-state index is -3.58. The molecule has 1 fully saturated rings. The summed E-state index contributed by atoms with van der Waals surface area (Å²) in [4.78, 5) is 31.1. The van der Waals surface area contributed by atoms with E-state index in [2.05, 4.69) is 14.7 Å². The first-order chi connectivity index (χ1) is 16.5. The third kappa shape index (κ3) is 5.75. The molecule has 1 saturated heterocycles. The molecule has 1 aliphatic rings. The number of hydrogen-bond acceptors (Lipinski definition) is 5. The Balaban J connectivity index is 1.40. The minimum Gasteiger partial charge on any atom is -0.442 e. The fourth-order valence-corrected chi connectivity index (χ4v) is 4.46. The first-order valence-corrected chi connectivity index (χ1v) is 12.8. The summed E-state index contributed by atoms with van der Waals surface area (Å²) in [6, 6.07) is 13.8. The number of amidine groups is 1. The highest BCUT2D eigenvalue weighted by molar-refractivity contribution is 7.89. The monoisotopic (exact) mass is 517 g/mol. The highest BCUT2D eigenvalue weighted by Gasteiger charge is 2.32. The van der Waals surface area contributed by atoms with Crippen molar-refractivity contribution in [1.29, 1.82) is 0 Å². The van der Waals surface area contributed by atoms with Crippen LogP contribution in [0.4, 0.5) is 10.5 Å². The molecule has 1 atom stereocenters. The number of halogens is 1. The van der Waals surface area contributed by atoms with E-state index < -0.39 is 22.2 Å². The van der Waals surface area contributed by atoms with Gasteiger partial charge in [-0.2, -0.15) is 0 Å². The zero-order valence-electron chi connectivity index (χ0n) is 19.3. The molecule has 0 aliphatic carbocycles. The van der Waals surface area contributed by atoms with E-state index in [1.165, 1.54) is 4.90 Å². The molecule has 2 amide bonds. The highest BCUT2D eigenvalue weighted by atomic mass is 35.5. The molecule has 3 aromatic rings. The van der Waals surface area contributed by atoms with Crippen LogP contribution in [0.5, 0.6) is 0 Å². The number of aromatic amines is 1. The molecule has 4 rings (SSSR count). The Hall–Kier alpha value is -3.57. The summed E-state index contributed by atoms with van der Waals surface area (Å²) >= 11 is 5.99. The maximum atomic E-state index is 12.6. The van der Waals surface area contributed by atoms with Crippen molar-refractivity contribution in [3.8, 4) is 0 Å². The fourth-order valence-electron chi connectivity index (χ4n) is 3.70. The van der Waals surface area contributed by atoms with Gasteiger partial charge in [0.2, 0.25) is 0 Å². The number of aromatic nitrogens is 1. The smallest absolute Gasteiger partial charge is 0.414 e. The molecule has 2 aromatic carbocycles. The largest absolute Gasteiger partial charge is 0.442 e. The van der Waals surface area contributed by atoms with Gasteiger partial charge in [0.05, 0.1) is 19.3 Å². The third-order valence-electron chi connectivity index (χ3n) is 5.31. The standard InChI is InChI=1S/C23H24ClN5O5S/c1-28(2)21(27-35(3,32)33)14-5-8-17(9-6-14)29-13-18(34-23(29)31)12-25-22(30)20-10-15-4-7-16(24)11-19(15)26-20/h4-11,18,26H,12-13H2,1-3H3,(H,25,30). The van der Waals surface area contributed by atoms with Crippen molar-refractivity contribution in [2.75, 3.05) is 38.3 Å². The maximum Gasteiger partial charge on any atom is 0.414 e. The molecule has 35 heavy (non-hydrogen) atoms. The van der Waals surface area contributed by atoms with Crippen LogP contribution in [0.15, 0.2) is 52.9 Å². The van der Waals surface area contributed by atoms with Crippen LogP contribution in [0.25, 0.3) is 10.9 Å². The summed E-state index contributed by atoms with van der Waals surface area (Å²) in [6.45, 7) is 0.389. The topological polar surface area (TPSA) is 124 Å². The van der Waals surface area contributed by atoms with Gasteiger partial charge in [0, 0.05) is 41.3 Å². The van der Waals surface area contributed by atoms with Crippen LogP contribution < -0.4 is 10.2 Å². The number of hydrogen-bond donors (Lipinski definition) is 2. The lowest BCUT2D eigenvalue weighted by molar-refractivity contribution is 0.0912. The van der Waals surface area contributed by atoms with Crippen LogP contribution in [0.1, 0.15) is 16.1 Å². The van der Waals surface area contributed by atoms with E-state index >= 15 is 0 Å². The Kier molecular flexibility index (Phi) is 6.73. The second kappa shape index (κ2) is 9.59.